The first-order chi connectivity index (χ1) is 10.9. The van der Waals surface area contributed by atoms with E-state index in [0.29, 0.717) is 0 Å². The smallest absolute Gasteiger partial charge is 0.0777 e. The standard InChI is InChI=1S/C12H24N2.2ClHO4/c1-3-7-13(8-4-1)11-12-14-9-5-2-6-10-14;2*2-1(3,4)5/h1-12H2;2*(H,2,3,4,5). The zero-order valence-corrected chi connectivity index (χ0v) is 15.0. The van der Waals surface area contributed by atoms with Crippen molar-refractivity contribution >= 4 is 0 Å². The van der Waals surface area contributed by atoms with Crippen molar-refractivity contribution in [1.82, 2.24) is 9.80 Å². The fraction of sp³-hybridized carbons (Fsp3) is 1.00. The van der Waals surface area contributed by atoms with Crippen LogP contribution in [0.5, 0.6) is 0 Å². The maximum absolute atomic E-state index is 8.60. The van der Waals surface area contributed by atoms with Crippen molar-refractivity contribution in [3.63, 3.8) is 0 Å². The SMILES string of the molecule is C1CCN(CCN2CCCCC2)CC1.[O-][Cl+3]([O-])([O-])O.[O-][Cl+3]([O-])([O-])O. The topological polar surface area (TPSA) is 185 Å². The van der Waals surface area contributed by atoms with E-state index in [2.05, 4.69) is 9.80 Å². The fourth-order valence-electron chi connectivity index (χ4n) is 2.65. The molecule has 0 amide bonds. The van der Waals surface area contributed by atoms with Crippen molar-refractivity contribution in [3.8, 4) is 0 Å². The van der Waals surface area contributed by atoms with Crippen LogP contribution in [0.3, 0.4) is 0 Å². The molecule has 10 nitrogen and oxygen atoms in total. The van der Waals surface area contributed by atoms with Crippen LogP contribution in [0.2, 0.25) is 0 Å². The average Bonchev–Trinajstić information content (AvgIpc) is 2.44. The largest absolute Gasteiger partial charge is 0.302 e. The predicted molar refractivity (Wildman–Crippen MR) is 65.0 cm³/mol. The number of halogens is 2. The van der Waals surface area contributed by atoms with Gasteiger partial charge in [0.2, 0.25) is 0 Å². The van der Waals surface area contributed by atoms with Crippen LogP contribution < -0.4 is 28.0 Å². The summed E-state index contributed by atoms with van der Waals surface area (Å²) in [5, 5.41) is 0. The monoisotopic (exact) mass is 396 g/mol. The Morgan fingerprint density at radius 2 is 0.750 bits per heavy atom. The molecule has 12 heteroatoms. The first-order valence-electron chi connectivity index (χ1n) is 7.66. The van der Waals surface area contributed by atoms with Gasteiger partial charge in [0.05, 0.1) is 29.8 Å². The van der Waals surface area contributed by atoms with Crippen LogP contribution in [0.4, 0.5) is 0 Å². The van der Waals surface area contributed by atoms with Gasteiger partial charge in [-0.1, -0.05) is 12.8 Å². The molecule has 146 valence electrons. The molecule has 2 heterocycles. The van der Waals surface area contributed by atoms with E-state index in [1.165, 1.54) is 77.8 Å². The Labute approximate surface area is 146 Å². The molecular weight excluding hydrogens is 371 g/mol. The highest BCUT2D eigenvalue weighted by molar-refractivity contribution is 4.69. The van der Waals surface area contributed by atoms with Crippen LogP contribution in [0.1, 0.15) is 38.5 Å². The number of piperidine rings is 2. The number of rotatable bonds is 3. The summed E-state index contributed by atoms with van der Waals surface area (Å²) in [6.07, 6.45) is 8.64. The van der Waals surface area contributed by atoms with E-state index in [9.17, 15) is 0 Å². The Balaban J connectivity index is 0.000000442. The Morgan fingerprint density at radius 3 is 0.958 bits per heavy atom. The average molecular weight is 397 g/mol. The Kier molecular flexibility index (Phi) is 12.6. The predicted octanol–water partition coefficient (Wildman–Crippen LogP) is -6.29. The van der Waals surface area contributed by atoms with Gasteiger partial charge in [0.1, 0.15) is 0 Å². The minimum atomic E-state index is -4.69. The molecule has 0 atom stereocenters. The van der Waals surface area contributed by atoms with Crippen LogP contribution in [0.25, 0.3) is 0 Å². The quantitative estimate of drug-likeness (QED) is 0.464. The minimum absolute atomic E-state index is 1.32. The molecule has 2 fully saturated rings. The summed E-state index contributed by atoms with van der Waals surface area (Å²) >= 11 is 0. The van der Waals surface area contributed by atoms with E-state index in [1.54, 1.807) is 0 Å². The highest BCUT2D eigenvalue weighted by atomic mass is 35.7. The van der Waals surface area contributed by atoms with Crippen LogP contribution in [0, 0.1) is 20.5 Å². The van der Waals surface area contributed by atoms with Crippen molar-refractivity contribution in [2.75, 3.05) is 39.3 Å². The molecule has 0 bridgehead atoms. The first-order valence-corrected chi connectivity index (χ1v) is 10.2. The molecule has 2 saturated heterocycles. The van der Waals surface area contributed by atoms with Crippen LogP contribution >= 0.6 is 0 Å². The second-order valence-electron chi connectivity index (χ2n) is 5.60. The lowest BCUT2D eigenvalue weighted by molar-refractivity contribution is -1.92. The molecule has 2 N–H and O–H groups in total. The molecule has 0 aromatic heterocycles. The normalized spacial score (nSPS) is 20.5. The molecule has 0 radical (unpaired) electrons. The molecule has 0 aromatic rings. The second kappa shape index (κ2) is 12.5. The van der Waals surface area contributed by atoms with Gasteiger partial charge in [-0.2, -0.15) is 28.0 Å². The van der Waals surface area contributed by atoms with Gasteiger partial charge >= 0.3 is 0 Å². The summed E-state index contributed by atoms with van der Waals surface area (Å²) in [5.74, 6) is 0. The first kappa shape index (κ1) is 24.2. The molecule has 2 aliphatic rings. The summed E-state index contributed by atoms with van der Waals surface area (Å²) in [6, 6.07) is 0. The zero-order valence-electron chi connectivity index (χ0n) is 13.5. The lowest BCUT2D eigenvalue weighted by atomic mass is 10.1. The van der Waals surface area contributed by atoms with Crippen LogP contribution in [0.15, 0.2) is 0 Å². The van der Waals surface area contributed by atoms with E-state index < -0.39 is 20.5 Å². The van der Waals surface area contributed by atoms with Gasteiger partial charge in [0, 0.05) is 13.1 Å². The van der Waals surface area contributed by atoms with Crippen molar-refractivity contribution in [2.45, 2.75) is 38.5 Å². The summed E-state index contributed by atoms with van der Waals surface area (Å²) in [4.78, 5) is 5.30. The molecule has 0 spiro atoms. The minimum Gasteiger partial charge on any atom is -0.302 e. The Hall–Kier alpha value is 0.180. The van der Waals surface area contributed by atoms with E-state index in [0.717, 1.165) is 0 Å². The van der Waals surface area contributed by atoms with Crippen molar-refractivity contribution < 1.29 is 57.8 Å². The third-order valence-corrected chi connectivity index (χ3v) is 3.63. The summed E-state index contributed by atoms with van der Waals surface area (Å²) < 4.78 is 65.4. The molecule has 2 aliphatic heterocycles. The molecule has 0 saturated carbocycles. The Bertz CT molecular complexity index is 260. The van der Waals surface area contributed by atoms with Gasteiger partial charge in [0.25, 0.3) is 0 Å². The second-order valence-corrected chi connectivity index (χ2v) is 7.18. The molecule has 0 aliphatic carbocycles. The van der Waals surface area contributed by atoms with Gasteiger partial charge in [-0.25, -0.2) is 0 Å². The third kappa shape index (κ3) is 22.2. The maximum Gasteiger partial charge on any atom is 0.0777 e. The van der Waals surface area contributed by atoms with Crippen LogP contribution in [-0.2, 0) is 0 Å². The zero-order chi connectivity index (χ0) is 18.6. The number of likely N-dealkylation sites (tertiary alicyclic amines) is 2. The number of hydrogen-bond donors (Lipinski definition) is 2. The van der Waals surface area contributed by atoms with E-state index in [1.807, 2.05) is 0 Å². The molecular formula is C12H26Cl2N2O8. The van der Waals surface area contributed by atoms with Crippen molar-refractivity contribution in [1.29, 1.82) is 0 Å². The lowest BCUT2D eigenvalue weighted by Gasteiger charge is -2.31. The van der Waals surface area contributed by atoms with Crippen molar-refractivity contribution in [3.05, 3.63) is 0 Å². The van der Waals surface area contributed by atoms with Gasteiger partial charge < -0.3 is 9.80 Å². The highest BCUT2D eigenvalue weighted by Gasteiger charge is 2.13. The summed E-state index contributed by atoms with van der Waals surface area (Å²) in [5.41, 5.74) is 0. The van der Waals surface area contributed by atoms with Gasteiger partial charge in [0.15, 0.2) is 0 Å². The lowest BCUT2D eigenvalue weighted by Crippen LogP contribution is -2.58. The van der Waals surface area contributed by atoms with Crippen LogP contribution in [-0.4, -0.2) is 58.4 Å². The number of nitrogens with zero attached hydrogens (tertiary/aromatic N) is 2. The molecule has 2 rings (SSSR count). The van der Waals surface area contributed by atoms with Crippen molar-refractivity contribution in [2.24, 2.45) is 0 Å². The summed E-state index contributed by atoms with van der Waals surface area (Å²) in [7, 11) is -9.39. The number of hydrogen-bond acceptors (Lipinski definition) is 10. The van der Waals surface area contributed by atoms with Gasteiger partial charge in [-0.15, -0.1) is 0 Å². The van der Waals surface area contributed by atoms with E-state index in [4.69, 9.17) is 37.3 Å². The van der Waals surface area contributed by atoms with Gasteiger partial charge in [-0.3, -0.25) is 0 Å². The molecule has 24 heavy (non-hydrogen) atoms. The fourth-order valence-corrected chi connectivity index (χ4v) is 2.65. The highest BCUT2D eigenvalue weighted by Crippen LogP contribution is 2.11. The van der Waals surface area contributed by atoms with E-state index >= 15 is 0 Å². The van der Waals surface area contributed by atoms with E-state index in [-0.39, 0.29) is 0 Å². The Morgan fingerprint density at radius 1 is 0.542 bits per heavy atom. The summed E-state index contributed by atoms with van der Waals surface area (Å²) in [6.45, 7) is 8.06. The molecule has 0 aromatic carbocycles. The van der Waals surface area contributed by atoms with Gasteiger partial charge in [-0.05, 0) is 51.9 Å². The third-order valence-electron chi connectivity index (χ3n) is 3.63. The molecule has 0 unspecified atom stereocenters. The maximum atomic E-state index is 8.60.